The number of anilines is 1. The van der Waals surface area contributed by atoms with Gasteiger partial charge >= 0.3 is 0 Å². The molecule has 146 valence electrons. The Labute approximate surface area is 163 Å². The predicted molar refractivity (Wildman–Crippen MR) is 104 cm³/mol. The van der Waals surface area contributed by atoms with E-state index in [4.69, 9.17) is 4.74 Å². The third-order valence-electron chi connectivity index (χ3n) is 4.32. The summed E-state index contributed by atoms with van der Waals surface area (Å²) in [6.45, 7) is -0.265. The molecular formula is C21H23N3O4. The van der Waals surface area contributed by atoms with Crippen LogP contribution in [0, 0.1) is 0 Å². The molecule has 2 heterocycles. The Kier molecular flexibility index (Phi) is 6.89. The highest BCUT2D eigenvalue weighted by Gasteiger charge is 2.29. The van der Waals surface area contributed by atoms with Gasteiger partial charge < -0.3 is 20.5 Å². The first kappa shape index (κ1) is 19.7. The van der Waals surface area contributed by atoms with Crippen LogP contribution in [0.5, 0.6) is 0 Å². The summed E-state index contributed by atoms with van der Waals surface area (Å²) in [7, 11) is 0. The Bertz CT molecular complexity index is 811. The number of ether oxygens (including phenoxy) is 1. The summed E-state index contributed by atoms with van der Waals surface area (Å²) in [5.74, 6) is -0.374. The summed E-state index contributed by atoms with van der Waals surface area (Å²) in [4.78, 5) is 28.4. The van der Waals surface area contributed by atoms with Crippen LogP contribution in [0.25, 0.3) is 0 Å². The Balaban J connectivity index is 1.53. The third-order valence-corrected chi connectivity index (χ3v) is 4.32. The van der Waals surface area contributed by atoms with Crippen LogP contribution < -0.4 is 10.6 Å². The minimum absolute atomic E-state index is 0.123. The number of para-hydroxylation sites is 1. The van der Waals surface area contributed by atoms with Crippen molar-refractivity contribution in [1.82, 2.24) is 10.3 Å². The topological polar surface area (TPSA) is 101 Å². The van der Waals surface area contributed by atoms with Gasteiger partial charge in [-0.3, -0.25) is 14.6 Å². The van der Waals surface area contributed by atoms with E-state index in [1.54, 1.807) is 42.7 Å². The number of rotatable bonds is 7. The molecule has 0 spiro atoms. The number of aliphatic hydroxyl groups excluding tert-OH is 1. The van der Waals surface area contributed by atoms with Crippen LogP contribution in [0.3, 0.4) is 0 Å². The number of hydrogen-bond donors (Lipinski definition) is 3. The lowest BCUT2D eigenvalue weighted by molar-refractivity contribution is -0.125. The number of pyridine rings is 1. The summed E-state index contributed by atoms with van der Waals surface area (Å²) in [6.07, 6.45) is 6.03. The smallest absolute Gasteiger partial charge is 0.227 e. The van der Waals surface area contributed by atoms with E-state index in [-0.39, 0.29) is 31.3 Å². The Morgan fingerprint density at radius 3 is 2.61 bits per heavy atom. The fourth-order valence-corrected chi connectivity index (χ4v) is 2.98. The van der Waals surface area contributed by atoms with Crippen LogP contribution in [0.4, 0.5) is 5.69 Å². The molecule has 0 radical (unpaired) electrons. The minimum Gasteiger partial charge on any atom is -0.394 e. The average molecular weight is 381 g/mol. The van der Waals surface area contributed by atoms with Gasteiger partial charge in [0.15, 0.2) is 0 Å². The standard InChI is InChI=1S/C21H23N3O4/c25-14-19-18(24-20(26)11-15-5-4-10-22-13-15)9-8-17(28-19)12-21(27)23-16-6-2-1-3-7-16/h1-10,13,17-19,25H,11-12,14H2,(H,23,27)(H,24,26)/t17-,18-,19+/m0/s1. The van der Waals surface area contributed by atoms with Gasteiger partial charge in [-0.2, -0.15) is 0 Å². The molecular weight excluding hydrogens is 358 g/mol. The molecule has 0 bridgehead atoms. The maximum Gasteiger partial charge on any atom is 0.227 e. The summed E-state index contributed by atoms with van der Waals surface area (Å²) in [5.41, 5.74) is 1.52. The van der Waals surface area contributed by atoms with E-state index >= 15 is 0 Å². The van der Waals surface area contributed by atoms with Crippen molar-refractivity contribution < 1.29 is 19.4 Å². The van der Waals surface area contributed by atoms with Crippen molar-refractivity contribution in [1.29, 1.82) is 0 Å². The Hall–Kier alpha value is -3.03. The quantitative estimate of drug-likeness (QED) is 0.631. The zero-order valence-corrected chi connectivity index (χ0v) is 15.3. The minimum atomic E-state index is -0.614. The van der Waals surface area contributed by atoms with E-state index in [1.165, 1.54) is 0 Å². The second kappa shape index (κ2) is 9.77. The summed E-state index contributed by atoms with van der Waals surface area (Å²) in [5, 5.41) is 15.3. The lowest BCUT2D eigenvalue weighted by Gasteiger charge is -2.31. The van der Waals surface area contributed by atoms with Crippen molar-refractivity contribution in [3.63, 3.8) is 0 Å². The molecule has 1 aliphatic rings. The molecule has 0 aliphatic carbocycles. The molecule has 28 heavy (non-hydrogen) atoms. The van der Waals surface area contributed by atoms with E-state index in [0.29, 0.717) is 5.69 Å². The number of hydrogen-bond acceptors (Lipinski definition) is 5. The highest BCUT2D eigenvalue weighted by molar-refractivity contribution is 5.91. The molecule has 2 amide bonds. The zero-order valence-electron chi connectivity index (χ0n) is 15.3. The molecule has 1 aromatic carbocycles. The molecule has 0 saturated heterocycles. The van der Waals surface area contributed by atoms with Gasteiger partial charge in [-0.15, -0.1) is 0 Å². The summed E-state index contributed by atoms with van der Waals surface area (Å²) < 4.78 is 5.78. The van der Waals surface area contributed by atoms with Crippen molar-refractivity contribution in [3.05, 3.63) is 72.6 Å². The van der Waals surface area contributed by atoms with E-state index in [9.17, 15) is 14.7 Å². The van der Waals surface area contributed by atoms with Gasteiger partial charge in [0.1, 0.15) is 6.10 Å². The average Bonchev–Trinajstić information content (AvgIpc) is 2.70. The van der Waals surface area contributed by atoms with Crippen LogP contribution in [0.15, 0.2) is 67.0 Å². The third kappa shape index (κ3) is 5.73. The van der Waals surface area contributed by atoms with E-state index in [0.717, 1.165) is 5.56 Å². The number of carbonyl (C=O) groups is 2. The van der Waals surface area contributed by atoms with Gasteiger partial charge in [0.05, 0.1) is 31.6 Å². The molecule has 3 atom stereocenters. The molecule has 0 fully saturated rings. The maximum atomic E-state index is 12.2. The number of benzene rings is 1. The molecule has 7 heteroatoms. The molecule has 3 rings (SSSR count). The maximum absolute atomic E-state index is 12.2. The van der Waals surface area contributed by atoms with E-state index in [2.05, 4.69) is 15.6 Å². The first-order valence-corrected chi connectivity index (χ1v) is 9.12. The molecule has 0 saturated carbocycles. The molecule has 2 aromatic rings. The number of nitrogens with one attached hydrogen (secondary N) is 2. The number of aromatic nitrogens is 1. The second-order valence-corrected chi connectivity index (χ2v) is 6.53. The Morgan fingerprint density at radius 1 is 1.07 bits per heavy atom. The number of carbonyl (C=O) groups excluding carboxylic acids is 2. The summed E-state index contributed by atoms with van der Waals surface area (Å²) in [6, 6.07) is 12.3. The van der Waals surface area contributed by atoms with Gasteiger partial charge in [0, 0.05) is 18.1 Å². The monoisotopic (exact) mass is 381 g/mol. The molecule has 1 aromatic heterocycles. The lowest BCUT2D eigenvalue weighted by Crippen LogP contribution is -2.49. The predicted octanol–water partition coefficient (Wildman–Crippen LogP) is 1.45. The van der Waals surface area contributed by atoms with Crippen LogP contribution in [0.1, 0.15) is 12.0 Å². The van der Waals surface area contributed by atoms with Crippen LogP contribution in [-0.4, -0.2) is 46.8 Å². The zero-order chi connectivity index (χ0) is 19.8. The first-order valence-electron chi connectivity index (χ1n) is 9.12. The van der Waals surface area contributed by atoms with Gasteiger partial charge in [-0.05, 0) is 23.8 Å². The second-order valence-electron chi connectivity index (χ2n) is 6.53. The van der Waals surface area contributed by atoms with Gasteiger partial charge in [-0.1, -0.05) is 36.4 Å². The fourth-order valence-electron chi connectivity index (χ4n) is 2.98. The fraction of sp³-hybridized carbons (Fsp3) is 0.286. The van der Waals surface area contributed by atoms with Crippen molar-refractivity contribution in [3.8, 4) is 0 Å². The van der Waals surface area contributed by atoms with Crippen molar-refractivity contribution in [2.75, 3.05) is 11.9 Å². The van der Waals surface area contributed by atoms with Crippen LogP contribution in [0.2, 0.25) is 0 Å². The van der Waals surface area contributed by atoms with Crippen LogP contribution >= 0.6 is 0 Å². The normalized spacial score (nSPS) is 21.1. The summed E-state index contributed by atoms with van der Waals surface area (Å²) >= 11 is 0. The lowest BCUT2D eigenvalue weighted by atomic mass is 10.0. The molecule has 0 unspecified atom stereocenters. The highest BCUT2D eigenvalue weighted by Crippen LogP contribution is 2.17. The molecule has 7 nitrogen and oxygen atoms in total. The highest BCUT2D eigenvalue weighted by atomic mass is 16.5. The van der Waals surface area contributed by atoms with Crippen LogP contribution in [-0.2, 0) is 20.7 Å². The first-order chi connectivity index (χ1) is 13.6. The van der Waals surface area contributed by atoms with Crippen molar-refractivity contribution in [2.24, 2.45) is 0 Å². The van der Waals surface area contributed by atoms with Gasteiger partial charge in [0.25, 0.3) is 0 Å². The number of aliphatic hydroxyl groups is 1. The number of amides is 2. The van der Waals surface area contributed by atoms with Crippen molar-refractivity contribution >= 4 is 17.5 Å². The SMILES string of the molecule is O=C(C[C@@H]1C=C[C@H](NC(=O)Cc2cccnc2)[C@@H](CO)O1)Nc1ccccc1. The Morgan fingerprint density at radius 2 is 1.89 bits per heavy atom. The largest absolute Gasteiger partial charge is 0.394 e. The van der Waals surface area contributed by atoms with Crippen molar-refractivity contribution in [2.45, 2.75) is 31.1 Å². The van der Waals surface area contributed by atoms with E-state index in [1.807, 2.05) is 24.3 Å². The molecule has 3 N–H and O–H groups in total. The van der Waals surface area contributed by atoms with Gasteiger partial charge in [0.2, 0.25) is 11.8 Å². The molecule has 1 aliphatic heterocycles. The number of nitrogens with zero attached hydrogens (tertiary/aromatic N) is 1. The van der Waals surface area contributed by atoms with Gasteiger partial charge in [-0.25, -0.2) is 0 Å². The van der Waals surface area contributed by atoms with E-state index < -0.39 is 18.2 Å².